The van der Waals surface area contributed by atoms with E-state index in [2.05, 4.69) is 29.2 Å². The molecule has 0 aliphatic heterocycles. The van der Waals surface area contributed by atoms with Crippen LogP contribution < -0.4 is 5.32 Å². The van der Waals surface area contributed by atoms with Crippen molar-refractivity contribution >= 4 is 28.2 Å². The van der Waals surface area contributed by atoms with Crippen molar-refractivity contribution in [2.45, 2.75) is 26.7 Å². The van der Waals surface area contributed by atoms with E-state index in [9.17, 15) is 9.59 Å². The van der Waals surface area contributed by atoms with Crippen LogP contribution in [0.25, 0.3) is 0 Å². The molecule has 0 bridgehead atoms. The van der Waals surface area contributed by atoms with E-state index >= 15 is 0 Å². The molecule has 7 heteroatoms. The van der Waals surface area contributed by atoms with Crippen molar-refractivity contribution in [3.8, 4) is 0 Å². The molecule has 0 aromatic carbocycles. The minimum absolute atomic E-state index is 0.0680. The fourth-order valence-corrected chi connectivity index (χ4v) is 3.45. The van der Waals surface area contributed by atoms with Crippen molar-refractivity contribution < 1.29 is 9.59 Å². The minimum Gasteiger partial charge on any atom is -0.296 e. The van der Waals surface area contributed by atoms with Crippen LogP contribution in [0, 0.1) is 5.41 Å². The molecule has 1 aliphatic carbocycles. The number of amides is 1. The van der Waals surface area contributed by atoms with Crippen LogP contribution in [0.3, 0.4) is 0 Å². The molecule has 21 heavy (non-hydrogen) atoms. The van der Waals surface area contributed by atoms with Gasteiger partial charge in [0.15, 0.2) is 10.9 Å². The summed E-state index contributed by atoms with van der Waals surface area (Å²) in [6, 6.07) is 1.64. The second-order valence-corrected chi connectivity index (χ2v) is 7.03. The first-order valence-corrected chi connectivity index (χ1v) is 7.50. The zero-order valence-electron chi connectivity index (χ0n) is 12.1. The molecule has 0 spiro atoms. The smallest absolute Gasteiger partial charge is 0.275 e. The highest BCUT2D eigenvalue weighted by atomic mass is 32.1. The van der Waals surface area contributed by atoms with Gasteiger partial charge in [-0.05, 0) is 17.9 Å². The molecule has 2 aromatic rings. The van der Waals surface area contributed by atoms with Gasteiger partial charge in [0.05, 0.1) is 10.6 Å². The van der Waals surface area contributed by atoms with E-state index in [0.29, 0.717) is 22.1 Å². The van der Waals surface area contributed by atoms with E-state index < -0.39 is 0 Å². The van der Waals surface area contributed by atoms with Crippen LogP contribution in [-0.2, 0) is 13.5 Å². The van der Waals surface area contributed by atoms with Crippen LogP contribution in [0.15, 0.2) is 12.3 Å². The van der Waals surface area contributed by atoms with E-state index in [1.807, 2.05) is 0 Å². The number of aryl methyl sites for hydroxylation is 1. The number of carbonyl (C=O) groups is 2. The molecule has 1 aliphatic rings. The number of rotatable bonds is 2. The number of nitrogens with zero attached hydrogens (tertiary/aromatic N) is 3. The first kappa shape index (κ1) is 13.9. The van der Waals surface area contributed by atoms with Crippen molar-refractivity contribution in [1.29, 1.82) is 0 Å². The monoisotopic (exact) mass is 304 g/mol. The van der Waals surface area contributed by atoms with Crippen LogP contribution in [0.4, 0.5) is 5.13 Å². The molecule has 110 valence electrons. The summed E-state index contributed by atoms with van der Waals surface area (Å²) in [6.07, 6.45) is 2.84. The standard InChI is InChI=1S/C14H16N4O2S/c1-14(2)6-8-11(10(19)7-14)21-13(16-8)17-12(20)9-4-5-15-18(9)3/h4-5H,6-7H2,1-3H3,(H,16,17,20). The minimum atomic E-state index is -0.271. The van der Waals surface area contributed by atoms with Crippen LogP contribution in [0.5, 0.6) is 0 Å². The van der Waals surface area contributed by atoms with E-state index in [-0.39, 0.29) is 17.1 Å². The Morgan fingerprint density at radius 3 is 2.86 bits per heavy atom. The molecular weight excluding hydrogens is 288 g/mol. The predicted molar refractivity (Wildman–Crippen MR) is 79.7 cm³/mol. The number of hydrogen-bond donors (Lipinski definition) is 1. The highest BCUT2D eigenvalue weighted by Gasteiger charge is 2.34. The van der Waals surface area contributed by atoms with Gasteiger partial charge in [-0.15, -0.1) is 0 Å². The number of Topliss-reactive ketones (excluding diaryl/α,β-unsaturated/α-hetero) is 1. The van der Waals surface area contributed by atoms with E-state index in [0.717, 1.165) is 12.1 Å². The highest BCUT2D eigenvalue weighted by molar-refractivity contribution is 7.17. The Hall–Kier alpha value is -2.02. The second kappa shape index (κ2) is 4.77. The topological polar surface area (TPSA) is 76.9 Å². The summed E-state index contributed by atoms with van der Waals surface area (Å²) in [5.74, 6) is -0.160. The maximum absolute atomic E-state index is 12.1. The van der Waals surface area contributed by atoms with E-state index in [4.69, 9.17) is 0 Å². The van der Waals surface area contributed by atoms with Gasteiger partial charge in [0.2, 0.25) is 0 Å². The number of nitrogens with one attached hydrogen (secondary N) is 1. The lowest BCUT2D eigenvalue weighted by Crippen LogP contribution is -2.26. The Morgan fingerprint density at radius 2 is 2.19 bits per heavy atom. The van der Waals surface area contributed by atoms with Gasteiger partial charge in [-0.1, -0.05) is 25.2 Å². The van der Waals surface area contributed by atoms with Crippen molar-refractivity contribution in [2.24, 2.45) is 12.5 Å². The molecule has 1 amide bonds. The van der Waals surface area contributed by atoms with Gasteiger partial charge in [0.1, 0.15) is 5.69 Å². The lowest BCUT2D eigenvalue weighted by Gasteiger charge is -2.26. The van der Waals surface area contributed by atoms with Crippen molar-refractivity contribution in [3.63, 3.8) is 0 Å². The number of anilines is 1. The summed E-state index contributed by atoms with van der Waals surface area (Å²) in [6.45, 7) is 4.11. The second-order valence-electron chi connectivity index (χ2n) is 6.03. The average molecular weight is 304 g/mol. The van der Waals surface area contributed by atoms with Crippen LogP contribution in [0.1, 0.15) is 46.1 Å². The van der Waals surface area contributed by atoms with Gasteiger partial charge in [-0.25, -0.2) is 4.98 Å². The summed E-state index contributed by atoms with van der Waals surface area (Å²) in [5, 5.41) is 7.18. The van der Waals surface area contributed by atoms with E-state index in [1.165, 1.54) is 16.0 Å². The number of hydrogen-bond acceptors (Lipinski definition) is 5. The third-order valence-corrected chi connectivity index (χ3v) is 4.56. The Labute approximate surface area is 126 Å². The molecule has 2 heterocycles. The molecule has 0 unspecified atom stereocenters. The highest BCUT2D eigenvalue weighted by Crippen LogP contribution is 2.38. The van der Waals surface area contributed by atoms with Gasteiger partial charge >= 0.3 is 0 Å². The van der Waals surface area contributed by atoms with Crippen molar-refractivity contribution in [2.75, 3.05) is 5.32 Å². The lowest BCUT2D eigenvalue weighted by molar-refractivity contribution is 0.0915. The molecule has 0 atom stereocenters. The molecule has 0 saturated heterocycles. The predicted octanol–water partition coefficient (Wildman–Crippen LogP) is 2.28. The molecule has 0 saturated carbocycles. The molecule has 0 fully saturated rings. The van der Waals surface area contributed by atoms with Gasteiger partial charge in [0, 0.05) is 19.7 Å². The zero-order chi connectivity index (χ0) is 15.2. The molecule has 6 nitrogen and oxygen atoms in total. The maximum atomic E-state index is 12.1. The number of ketones is 1. The number of aromatic nitrogens is 3. The summed E-state index contributed by atoms with van der Waals surface area (Å²) < 4.78 is 1.50. The Bertz CT molecular complexity index is 729. The SMILES string of the molecule is Cn1nccc1C(=O)Nc1nc2c(s1)C(=O)CC(C)(C)C2. The fraction of sp³-hybridized carbons (Fsp3) is 0.429. The Balaban J connectivity index is 1.84. The Kier molecular flexibility index (Phi) is 3.16. The average Bonchev–Trinajstić information content (AvgIpc) is 2.93. The third-order valence-electron chi connectivity index (χ3n) is 3.51. The van der Waals surface area contributed by atoms with Crippen LogP contribution in [-0.4, -0.2) is 26.5 Å². The van der Waals surface area contributed by atoms with Crippen LogP contribution in [0.2, 0.25) is 0 Å². The normalized spacial score (nSPS) is 16.6. The van der Waals surface area contributed by atoms with Gasteiger partial charge in [0.25, 0.3) is 5.91 Å². The first-order chi connectivity index (χ1) is 9.85. The number of carbonyl (C=O) groups excluding carboxylic acids is 2. The summed E-state index contributed by atoms with van der Waals surface area (Å²) in [7, 11) is 1.70. The quantitative estimate of drug-likeness (QED) is 0.923. The first-order valence-electron chi connectivity index (χ1n) is 6.68. The van der Waals surface area contributed by atoms with Gasteiger partial charge in [-0.2, -0.15) is 5.10 Å². The summed E-state index contributed by atoms with van der Waals surface area (Å²) >= 11 is 1.25. The van der Waals surface area contributed by atoms with Gasteiger partial charge < -0.3 is 0 Å². The number of fused-ring (bicyclic) bond motifs is 1. The summed E-state index contributed by atoms with van der Waals surface area (Å²) in [5.41, 5.74) is 1.18. The molecule has 3 rings (SSSR count). The largest absolute Gasteiger partial charge is 0.296 e. The van der Waals surface area contributed by atoms with E-state index in [1.54, 1.807) is 19.3 Å². The molecule has 1 N–H and O–H groups in total. The molecule has 0 radical (unpaired) electrons. The Morgan fingerprint density at radius 1 is 1.43 bits per heavy atom. The fourth-order valence-electron chi connectivity index (χ4n) is 2.53. The third kappa shape index (κ3) is 2.61. The van der Waals surface area contributed by atoms with Crippen molar-refractivity contribution in [3.05, 3.63) is 28.5 Å². The molecule has 2 aromatic heterocycles. The molecular formula is C14H16N4O2S. The zero-order valence-corrected chi connectivity index (χ0v) is 13.0. The number of thiazole rings is 1. The summed E-state index contributed by atoms with van der Waals surface area (Å²) in [4.78, 5) is 29.3. The van der Waals surface area contributed by atoms with Crippen LogP contribution >= 0.6 is 11.3 Å². The van der Waals surface area contributed by atoms with Gasteiger partial charge in [-0.3, -0.25) is 19.6 Å². The maximum Gasteiger partial charge on any atom is 0.275 e. The van der Waals surface area contributed by atoms with Crippen molar-refractivity contribution in [1.82, 2.24) is 14.8 Å². The lowest BCUT2D eigenvalue weighted by atomic mass is 9.78.